The minimum absolute atomic E-state index is 0.179. The standard InChI is InChI=1S/C22H24N2O3S/c1-14-4-7-17(8-5-14)13-23-21(25)18-9-6-15(2)19(12-18)24-22(26)20-16(3)27-10-11-28-20/h4-9,12H,10-11,13H2,1-3H3,(H,23,25)(H,24,26). The maximum Gasteiger partial charge on any atom is 0.265 e. The number of benzene rings is 2. The van der Waals surface area contributed by atoms with Crippen molar-refractivity contribution in [1.82, 2.24) is 5.32 Å². The Morgan fingerprint density at radius 3 is 2.50 bits per heavy atom. The zero-order chi connectivity index (χ0) is 20.1. The summed E-state index contributed by atoms with van der Waals surface area (Å²) >= 11 is 1.49. The molecule has 146 valence electrons. The van der Waals surface area contributed by atoms with Crippen LogP contribution in [0.5, 0.6) is 0 Å². The molecule has 6 heteroatoms. The molecule has 0 atom stereocenters. The van der Waals surface area contributed by atoms with Gasteiger partial charge in [-0.15, -0.1) is 11.8 Å². The second-order valence-electron chi connectivity index (χ2n) is 6.73. The van der Waals surface area contributed by atoms with Crippen molar-refractivity contribution >= 4 is 29.3 Å². The molecular formula is C22H24N2O3S. The van der Waals surface area contributed by atoms with Crippen LogP contribution in [0.2, 0.25) is 0 Å². The number of rotatable bonds is 5. The van der Waals surface area contributed by atoms with Crippen LogP contribution < -0.4 is 10.6 Å². The number of hydrogen-bond donors (Lipinski definition) is 2. The van der Waals surface area contributed by atoms with Crippen LogP contribution in [0.3, 0.4) is 0 Å². The lowest BCUT2D eigenvalue weighted by Crippen LogP contribution is -2.23. The first-order valence-corrected chi connectivity index (χ1v) is 10.1. The molecule has 2 aromatic rings. The van der Waals surface area contributed by atoms with Gasteiger partial charge in [0.05, 0.1) is 6.61 Å². The van der Waals surface area contributed by atoms with Crippen molar-refractivity contribution in [3.05, 3.63) is 75.4 Å². The zero-order valence-electron chi connectivity index (χ0n) is 16.3. The summed E-state index contributed by atoms with van der Waals surface area (Å²) in [7, 11) is 0. The van der Waals surface area contributed by atoms with E-state index in [1.165, 1.54) is 17.3 Å². The molecule has 0 aromatic heterocycles. The van der Waals surface area contributed by atoms with Crippen LogP contribution >= 0.6 is 11.8 Å². The first kappa shape index (κ1) is 20.0. The van der Waals surface area contributed by atoms with Gasteiger partial charge < -0.3 is 15.4 Å². The highest BCUT2D eigenvalue weighted by Gasteiger charge is 2.20. The van der Waals surface area contributed by atoms with Gasteiger partial charge in [-0.3, -0.25) is 9.59 Å². The Bertz CT molecular complexity index is 920. The number of nitrogens with one attached hydrogen (secondary N) is 2. The van der Waals surface area contributed by atoms with Gasteiger partial charge in [0.2, 0.25) is 0 Å². The molecule has 3 rings (SSSR count). The largest absolute Gasteiger partial charge is 0.496 e. The van der Waals surface area contributed by atoms with Crippen molar-refractivity contribution in [2.24, 2.45) is 0 Å². The average Bonchev–Trinajstić information content (AvgIpc) is 2.69. The van der Waals surface area contributed by atoms with Gasteiger partial charge in [-0.1, -0.05) is 35.9 Å². The van der Waals surface area contributed by atoms with E-state index in [0.29, 0.717) is 35.1 Å². The highest BCUT2D eigenvalue weighted by atomic mass is 32.2. The van der Waals surface area contributed by atoms with Crippen molar-refractivity contribution in [3.8, 4) is 0 Å². The number of hydrogen-bond acceptors (Lipinski definition) is 4. The zero-order valence-corrected chi connectivity index (χ0v) is 17.1. The molecule has 0 bridgehead atoms. The van der Waals surface area contributed by atoms with E-state index in [0.717, 1.165) is 16.9 Å². The molecule has 0 unspecified atom stereocenters. The van der Waals surface area contributed by atoms with E-state index in [-0.39, 0.29) is 11.8 Å². The Morgan fingerprint density at radius 2 is 1.79 bits per heavy atom. The van der Waals surface area contributed by atoms with Crippen LogP contribution in [0.1, 0.15) is 34.0 Å². The van der Waals surface area contributed by atoms with Gasteiger partial charge in [0.15, 0.2) is 0 Å². The third kappa shape index (κ3) is 4.95. The Kier molecular flexibility index (Phi) is 6.41. The summed E-state index contributed by atoms with van der Waals surface area (Å²) in [6, 6.07) is 13.3. The Labute approximate surface area is 169 Å². The van der Waals surface area contributed by atoms with E-state index in [1.807, 2.05) is 44.2 Å². The van der Waals surface area contributed by atoms with E-state index in [4.69, 9.17) is 4.74 Å². The SMILES string of the molecule is CC1=C(C(=O)Nc2cc(C(=O)NCc3ccc(C)cc3)ccc2C)SCCO1. The van der Waals surface area contributed by atoms with E-state index in [2.05, 4.69) is 10.6 Å². The monoisotopic (exact) mass is 396 g/mol. The molecule has 28 heavy (non-hydrogen) atoms. The summed E-state index contributed by atoms with van der Waals surface area (Å²) in [5.41, 5.74) is 4.24. The fourth-order valence-electron chi connectivity index (χ4n) is 2.80. The van der Waals surface area contributed by atoms with Gasteiger partial charge in [0, 0.05) is 23.5 Å². The molecule has 0 aliphatic carbocycles. The van der Waals surface area contributed by atoms with Gasteiger partial charge in [-0.05, 0) is 44.0 Å². The Morgan fingerprint density at radius 1 is 1.04 bits per heavy atom. The molecule has 0 spiro atoms. The van der Waals surface area contributed by atoms with Gasteiger partial charge >= 0.3 is 0 Å². The number of carbonyl (C=O) groups is 2. The first-order valence-electron chi connectivity index (χ1n) is 9.16. The average molecular weight is 397 g/mol. The second kappa shape index (κ2) is 8.97. The number of ether oxygens (including phenoxy) is 1. The van der Waals surface area contributed by atoms with Crippen molar-refractivity contribution < 1.29 is 14.3 Å². The number of aryl methyl sites for hydroxylation is 2. The topological polar surface area (TPSA) is 67.4 Å². The third-order valence-corrected chi connectivity index (χ3v) is 5.63. The molecule has 1 aliphatic rings. The minimum Gasteiger partial charge on any atom is -0.496 e. The van der Waals surface area contributed by atoms with Crippen molar-refractivity contribution in [2.45, 2.75) is 27.3 Å². The molecule has 1 heterocycles. The summed E-state index contributed by atoms with van der Waals surface area (Å²) in [5, 5.41) is 5.83. The van der Waals surface area contributed by atoms with Crippen LogP contribution in [0.25, 0.3) is 0 Å². The number of thioether (sulfide) groups is 1. The molecule has 5 nitrogen and oxygen atoms in total. The summed E-state index contributed by atoms with van der Waals surface area (Å²) in [4.78, 5) is 25.7. The molecule has 0 fully saturated rings. The van der Waals surface area contributed by atoms with Crippen LogP contribution in [-0.2, 0) is 16.1 Å². The van der Waals surface area contributed by atoms with Crippen molar-refractivity contribution in [3.63, 3.8) is 0 Å². The van der Waals surface area contributed by atoms with E-state index < -0.39 is 0 Å². The predicted octanol–water partition coefficient (Wildman–Crippen LogP) is 4.17. The van der Waals surface area contributed by atoms with Crippen LogP contribution in [0.15, 0.2) is 53.1 Å². The molecule has 0 saturated carbocycles. The second-order valence-corrected chi connectivity index (χ2v) is 7.84. The van der Waals surface area contributed by atoms with Crippen LogP contribution in [0, 0.1) is 13.8 Å². The Balaban J connectivity index is 1.69. The van der Waals surface area contributed by atoms with E-state index in [1.54, 1.807) is 19.1 Å². The van der Waals surface area contributed by atoms with E-state index in [9.17, 15) is 9.59 Å². The third-order valence-electron chi connectivity index (χ3n) is 4.50. The molecule has 1 aliphatic heterocycles. The summed E-state index contributed by atoms with van der Waals surface area (Å²) in [6.07, 6.45) is 0. The predicted molar refractivity (Wildman–Crippen MR) is 113 cm³/mol. The molecule has 0 radical (unpaired) electrons. The maximum atomic E-state index is 12.6. The number of allylic oxidation sites excluding steroid dienone is 1. The number of amides is 2. The van der Waals surface area contributed by atoms with E-state index >= 15 is 0 Å². The highest BCUT2D eigenvalue weighted by Crippen LogP contribution is 2.27. The number of carbonyl (C=O) groups excluding carboxylic acids is 2. The maximum absolute atomic E-state index is 12.6. The molecule has 2 amide bonds. The van der Waals surface area contributed by atoms with Crippen molar-refractivity contribution in [1.29, 1.82) is 0 Å². The summed E-state index contributed by atoms with van der Waals surface area (Å²) < 4.78 is 5.46. The molecule has 2 aromatic carbocycles. The fourth-order valence-corrected chi connectivity index (χ4v) is 3.61. The number of anilines is 1. The lowest BCUT2D eigenvalue weighted by atomic mass is 10.1. The minimum atomic E-state index is -0.206. The summed E-state index contributed by atoms with van der Waals surface area (Å²) in [5.74, 6) is 1.00. The van der Waals surface area contributed by atoms with Crippen LogP contribution in [-0.4, -0.2) is 24.2 Å². The first-order chi connectivity index (χ1) is 13.4. The lowest BCUT2D eigenvalue weighted by molar-refractivity contribution is -0.112. The normalized spacial score (nSPS) is 13.7. The Hall–Kier alpha value is -2.73. The molecular weight excluding hydrogens is 372 g/mol. The molecule has 2 N–H and O–H groups in total. The lowest BCUT2D eigenvalue weighted by Gasteiger charge is -2.18. The highest BCUT2D eigenvalue weighted by molar-refractivity contribution is 8.04. The van der Waals surface area contributed by atoms with Crippen molar-refractivity contribution in [2.75, 3.05) is 17.7 Å². The fraction of sp³-hybridized carbons (Fsp3) is 0.273. The molecule has 0 saturated heterocycles. The van der Waals surface area contributed by atoms with Gasteiger partial charge in [-0.2, -0.15) is 0 Å². The van der Waals surface area contributed by atoms with Gasteiger partial charge in [0.1, 0.15) is 10.7 Å². The van der Waals surface area contributed by atoms with Gasteiger partial charge in [0.25, 0.3) is 11.8 Å². The smallest absolute Gasteiger partial charge is 0.265 e. The summed E-state index contributed by atoms with van der Waals surface area (Å²) in [6.45, 7) is 6.79. The van der Waals surface area contributed by atoms with Gasteiger partial charge in [-0.25, -0.2) is 0 Å². The van der Waals surface area contributed by atoms with Crippen LogP contribution in [0.4, 0.5) is 5.69 Å². The quantitative estimate of drug-likeness (QED) is 0.796.